The largest absolute Gasteiger partial charge is 0.449 e. The Morgan fingerprint density at radius 3 is 2.57 bits per heavy atom. The Morgan fingerprint density at radius 2 is 1.86 bits per heavy atom. The molecular formula is C17H16N2O2. The molecule has 0 atom stereocenters. The van der Waals surface area contributed by atoms with E-state index < -0.39 is 0 Å². The maximum absolute atomic E-state index is 12.3. The van der Waals surface area contributed by atoms with E-state index in [0.717, 1.165) is 16.6 Å². The number of rotatable bonds is 2. The van der Waals surface area contributed by atoms with Gasteiger partial charge in [-0.05, 0) is 49.2 Å². The first-order valence-corrected chi connectivity index (χ1v) is 6.72. The quantitative estimate of drug-likeness (QED) is 0.748. The number of carbonyl (C=O) groups excluding carboxylic acids is 1. The van der Waals surface area contributed by atoms with Crippen LogP contribution in [0.3, 0.4) is 0 Å². The zero-order valence-electron chi connectivity index (χ0n) is 11.9. The molecule has 0 aliphatic carbocycles. The smallest absolute Gasteiger partial charge is 0.293 e. The number of hydrogen-bond acceptors (Lipinski definition) is 3. The second-order valence-electron chi connectivity index (χ2n) is 5.09. The van der Waals surface area contributed by atoms with Crippen LogP contribution >= 0.6 is 0 Å². The van der Waals surface area contributed by atoms with Gasteiger partial charge in [-0.15, -0.1) is 0 Å². The van der Waals surface area contributed by atoms with Gasteiger partial charge in [0.1, 0.15) is 5.58 Å². The van der Waals surface area contributed by atoms with Crippen molar-refractivity contribution in [1.29, 1.82) is 0 Å². The number of anilines is 2. The number of para-hydroxylation sites is 1. The highest BCUT2D eigenvalue weighted by Crippen LogP contribution is 2.28. The highest BCUT2D eigenvalue weighted by atomic mass is 16.3. The zero-order valence-corrected chi connectivity index (χ0v) is 11.9. The lowest BCUT2D eigenvalue weighted by Gasteiger charge is -2.06. The summed E-state index contributed by atoms with van der Waals surface area (Å²) in [6, 6.07) is 13.1. The Bertz CT molecular complexity index is 834. The predicted molar refractivity (Wildman–Crippen MR) is 84.5 cm³/mol. The molecule has 0 saturated carbocycles. The molecule has 0 bridgehead atoms. The third-order valence-electron chi connectivity index (χ3n) is 3.60. The van der Waals surface area contributed by atoms with Gasteiger partial charge >= 0.3 is 0 Å². The monoisotopic (exact) mass is 280 g/mol. The highest BCUT2D eigenvalue weighted by molar-refractivity contribution is 6.10. The maximum Gasteiger partial charge on any atom is 0.293 e. The zero-order chi connectivity index (χ0) is 15.0. The molecule has 0 saturated heterocycles. The van der Waals surface area contributed by atoms with E-state index in [9.17, 15) is 4.79 Å². The van der Waals surface area contributed by atoms with Crippen molar-refractivity contribution < 1.29 is 9.21 Å². The van der Waals surface area contributed by atoms with Crippen molar-refractivity contribution in [2.75, 3.05) is 11.1 Å². The van der Waals surface area contributed by atoms with Gasteiger partial charge in [0, 0.05) is 11.1 Å². The van der Waals surface area contributed by atoms with Crippen LogP contribution in [0, 0.1) is 13.8 Å². The molecular weight excluding hydrogens is 264 g/mol. The average Bonchev–Trinajstić information content (AvgIpc) is 2.81. The summed E-state index contributed by atoms with van der Waals surface area (Å²) in [7, 11) is 0. The number of nitrogen functional groups attached to an aromatic ring is 1. The fraction of sp³-hybridized carbons (Fsp3) is 0.118. The molecule has 0 fully saturated rings. The second kappa shape index (κ2) is 4.98. The number of hydrogen-bond donors (Lipinski definition) is 2. The van der Waals surface area contributed by atoms with Gasteiger partial charge in [0.15, 0.2) is 0 Å². The summed E-state index contributed by atoms with van der Waals surface area (Å²) in [5, 5.41) is 3.57. The standard InChI is InChI=1S/C17H16N2O2/c1-10-7-8-12(9-11(10)2)19-17(20)16-15(18)13-5-3-4-6-14(13)21-16/h3-9H,18H2,1-2H3,(H,19,20). The minimum atomic E-state index is -0.341. The van der Waals surface area contributed by atoms with Gasteiger partial charge < -0.3 is 15.5 Å². The van der Waals surface area contributed by atoms with E-state index in [1.54, 1.807) is 6.07 Å². The van der Waals surface area contributed by atoms with Crippen molar-refractivity contribution in [3.63, 3.8) is 0 Å². The Morgan fingerprint density at radius 1 is 1.10 bits per heavy atom. The summed E-state index contributed by atoms with van der Waals surface area (Å²) < 4.78 is 5.55. The van der Waals surface area contributed by atoms with E-state index >= 15 is 0 Å². The molecule has 1 heterocycles. The van der Waals surface area contributed by atoms with Crippen LogP contribution in [0.5, 0.6) is 0 Å². The van der Waals surface area contributed by atoms with Crippen molar-refractivity contribution in [2.24, 2.45) is 0 Å². The Balaban J connectivity index is 1.93. The summed E-state index contributed by atoms with van der Waals surface area (Å²) in [5.74, 6) is -0.193. The van der Waals surface area contributed by atoms with Crippen molar-refractivity contribution >= 4 is 28.3 Å². The van der Waals surface area contributed by atoms with Crippen molar-refractivity contribution in [2.45, 2.75) is 13.8 Å². The summed E-state index contributed by atoms with van der Waals surface area (Å²) in [6.45, 7) is 4.03. The number of aryl methyl sites for hydroxylation is 2. The van der Waals surface area contributed by atoms with E-state index in [2.05, 4.69) is 5.32 Å². The molecule has 1 aromatic heterocycles. The summed E-state index contributed by atoms with van der Waals surface area (Å²) in [5.41, 5.74) is 9.99. The average molecular weight is 280 g/mol. The van der Waals surface area contributed by atoms with E-state index in [4.69, 9.17) is 10.2 Å². The number of furan rings is 1. The topological polar surface area (TPSA) is 68.3 Å². The molecule has 3 N–H and O–H groups in total. The number of benzene rings is 2. The lowest BCUT2D eigenvalue weighted by atomic mass is 10.1. The molecule has 0 radical (unpaired) electrons. The van der Waals surface area contributed by atoms with Crippen LogP contribution in [0.2, 0.25) is 0 Å². The molecule has 4 nitrogen and oxygen atoms in total. The second-order valence-corrected chi connectivity index (χ2v) is 5.09. The van der Waals surface area contributed by atoms with Crippen LogP contribution in [0.1, 0.15) is 21.7 Å². The van der Waals surface area contributed by atoms with E-state index in [0.29, 0.717) is 11.3 Å². The molecule has 106 valence electrons. The first kappa shape index (κ1) is 13.2. The molecule has 3 rings (SSSR count). The third-order valence-corrected chi connectivity index (χ3v) is 3.60. The van der Waals surface area contributed by atoms with Crippen molar-refractivity contribution in [3.05, 3.63) is 59.4 Å². The molecule has 4 heteroatoms. The van der Waals surface area contributed by atoms with Gasteiger partial charge in [0.25, 0.3) is 5.91 Å². The van der Waals surface area contributed by atoms with E-state index in [1.807, 2.05) is 50.2 Å². The van der Waals surface area contributed by atoms with Crippen LogP contribution in [0.4, 0.5) is 11.4 Å². The minimum absolute atomic E-state index is 0.148. The van der Waals surface area contributed by atoms with Gasteiger partial charge in [0.2, 0.25) is 5.76 Å². The van der Waals surface area contributed by atoms with E-state index in [-0.39, 0.29) is 11.7 Å². The van der Waals surface area contributed by atoms with E-state index in [1.165, 1.54) is 5.56 Å². The molecule has 3 aromatic rings. The number of fused-ring (bicyclic) bond motifs is 1. The maximum atomic E-state index is 12.3. The van der Waals surface area contributed by atoms with Gasteiger partial charge in [-0.25, -0.2) is 0 Å². The van der Waals surface area contributed by atoms with Crippen molar-refractivity contribution in [3.8, 4) is 0 Å². The summed E-state index contributed by atoms with van der Waals surface area (Å²) in [4.78, 5) is 12.3. The van der Waals surface area contributed by atoms with Crippen LogP contribution in [0.15, 0.2) is 46.9 Å². The molecule has 0 aliphatic heterocycles. The fourth-order valence-corrected chi connectivity index (χ4v) is 2.24. The Hall–Kier alpha value is -2.75. The molecule has 0 unspecified atom stereocenters. The van der Waals surface area contributed by atoms with Crippen LogP contribution in [-0.4, -0.2) is 5.91 Å². The lowest BCUT2D eigenvalue weighted by Crippen LogP contribution is -2.12. The fourth-order valence-electron chi connectivity index (χ4n) is 2.24. The van der Waals surface area contributed by atoms with Gasteiger partial charge in [-0.1, -0.05) is 18.2 Å². The third kappa shape index (κ3) is 2.36. The number of carbonyl (C=O) groups is 1. The normalized spacial score (nSPS) is 10.8. The molecule has 0 spiro atoms. The van der Waals surface area contributed by atoms with Crippen LogP contribution in [-0.2, 0) is 0 Å². The minimum Gasteiger partial charge on any atom is -0.449 e. The molecule has 1 amide bonds. The predicted octanol–water partition coefficient (Wildman–Crippen LogP) is 3.88. The first-order valence-electron chi connectivity index (χ1n) is 6.72. The lowest BCUT2D eigenvalue weighted by molar-refractivity contribution is 0.1000. The Labute approximate surface area is 122 Å². The Kier molecular flexibility index (Phi) is 3.14. The van der Waals surface area contributed by atoms with Crippen LogP contribution in [0.25, 0.3) is 11.0 Å². The molecule has 21 heavy (non-hydrogen) atoms. The highest BCUT2D eigenvalue weighted by Gasteiger charge is 2.18. The van der Waals surface area contributed by atoms with Gasteiger partial charge in [0.05, 0.1) is 5.69 Å². The SMILES string of the molecule is Cc1ccc(NC(=O)c2oc3ccccc3c2N)cc1C. The number of nitrogens with two attached hydrogens (primary N) is 1. The molecule has 0 aliphatic rings. The van der Waals surface area contributed by atoms with Gasteiger partial charge in [-0.3, -0.25) is 4.79 Å². The van der Waals surface area contributed by atoms with Crippen LogP contribution < -0.4 is 11.1 Å². The summed E-state index contributed by atoms with van der Waals surface area (Å²) in [6.07, 6.45) is 0. The van der Waals surface area contributed by atoms with Gasteiger partial charge in [-0.2, -0.15) is 0 Å². The summed E-state index contributed by atoms with van der Waals surface area (Å²) >= 11 is 0. The number of amides is 1. The first-order chi connectivity index (χ1) is 10.1. The van der Waals surface area contributed by atoms with Crippen molar-refractivity contribution in [1.82, 2.24) is 0 Å². The number of nitrogens with one attached hydrogen (secondary N) is 1. The molecule has 2 aromatic carbocycles.